The van der Waals surface area contributed by atoms with Gasteiger partial charge in [-0.15, -0.1) is 0 Å². The molecule has 22 heavy (non-hydrogen) atoms. The zero-order valence-electron chi connectivity index (χ0n) is 12.9. The molecule has 2 aromatic heterocycles. The number of aromatic nitrogens is 4. The van der Waals surface area contributed by atoms with Crippen LogP contribution in [0.4, 0.5) is 5.82 Å². The lowest BCUT2D eigenvalue weighted by Gasteiger charge is -2.12. The highest BCUT2D eigenvalue weighted by Crippen LogP contribution is 2.29. The number of hydrogen-bond acceptors (Lipinski definition) is 6. The molecule has 0 saturated carbocycles. The Morgan fingerprint density at radius 1 is 1.50 bits per heavy atom. The van der Waals surface area contributed by atoms with Crippen LogP contribution in [0.1, 0.15) is 31.4 Å². The molecule has 3 heterocycles. The zero-order valence-corrected chi connectivity index (χ0v) is 12.9. The maximum Gasteiger partial charge on any atom is 0.133 e. The number of nitrogens with zero attached hydrogens (tertiary/aromatic N) is 5. The Hall–Kier alpha value is -2.44. The Labute approximate surface area is 129 Å². The summed E-state index contributed by atoms with van der Waals surface area (Å²) in [4.78, 5) is 13.4. The molecule has 1 aliphatic heterocycles. The summed E-state index contributed by atoms with van der Waals surface area (Å²) in [6.45, 7) is 3.05. The number of oxime groups is 1. The standard InChI is InChI=1S/C15H20N6O/c1-3-12(4-7-20-22-2)21-9-11(8-19-21)14-13-5-6-16-15(13)18-10-17-14/h7-10,12H,3-6H2,1-2H3,(H,16,17,18)/b20-7+. The first-order valence-corrected chi connectivity index (χ1v) is 7.50. The van der Waals surface area contributed by atoms with Gasteiger partial charge in [0.1, 0.15) is 19.3 Å². The van der Waals surface area contributed by atoms with Crippen molar-refractivity contribution in [1.29, 1.82) is 0 Å². The van der Waals surface area contributed by atoms with Gasteiger partial charge in [0, 0.05) is 36.5 Å². The van der Waals surface area contributed by atoms with Gasteiger partial charge in [-0.05, 0) is 12.8 Å². The van der Waals surface area contributed by atoms with E-state index in [1.165, 1.54) is 5.56 Å². The SMILES string of the molecule is CCC(C/C=N/OC)n1cc(-c2ncnc3c2CCN3)cn1. The van der Waals surface area contributed by atoms with E-state index >= 15 is 0 Å². The number of nitrogens with one attached hydrogen (secondary N) is 1. The average molecular weight is 300 g/mol. The van der Waals surface area contributed by atoms with Crippen LogP contribution < -0.4 is 5.32 Å². The van der Waals surface area contributed by atoms with Crippen molar-refractivity contribution in [2.24, 2.45) is 5.16 Å². The van der Waals surface area contributed by atoms with Gasteiger partial charge in [0.25, 0.3) is 0 Å². The smallest absolute Gasteiger partial charge is 0.133 e. The highest BCUT2D eigenvalue weighted by molar-refractivity contribution is 5.69. The van der Waals surface area contributed by atoms with Crippen LogP contribution in [-0.4, -0.2) is 39.6 Å². The molecular formula is C15H20N6O. The molecule has 0 amide bonds. The molecule has 0 aromatic carbocycles. The minimum absolute atomic E-state index is 0.265. The quantitative estimate of drug-likeness (QED) is 0.654. The average Bonchev–Trinajstić information content (AvgIpc) is 3.20. The Morgan fingerprint density at radius 2 is 2.41 bits per heavy atom. The minimum atomic E-state index is 0.265. The third kappa shape index (κ3) is 2.79. The molecule has 3 rings (SSSR count). The number of hydrogen-bond donors (Lipinski definition) is 1. The van der Waals surface area contributed by atoms with Gasteiger partial charge in [-0.25, -0.2) is 9.97 Å². The van der Waals surface area contributed by atoms with Crippen molar-refractivity contribution in [3.8, 4) is 11.3 Å². The van der Waals surface area contributed by atoms with Gasteiger partial charge in [0.15, 0.2) is 0 Å². The first-order valence-electron chi connectivity index (χ1n) is 7.50. The summed E-state index contributed by atoms with van der Waals surface area (Å²) in [5.74, 6) is 0.942. The second-order valence-corrected chi connectivity index (χ2v) is 5.20. The van der Waals surface area contributed by atoms with Gasteiger partial charge in [-0.1, -0.05) is 12.1 Å². The summed E-state index contributed by atoms with van der Waals surface area (Å²) in [5.41, 5.74) is 3.18. The summed E-state index contributed by atoms with van der Waals surface area (Å²) in [6, 6.07) is 0.265. The molecule has 2 aromatic rings. The van der Waals surface area contributed by atoms with Gasteiger partial charge < -0.3 is 10.2 Å². The summed E-state index contributed by atoms with van der Waals surface area (Å²) in [7, 11) is 1.55. The summed E-state index contributed by atoms with van der Waals surface area (Å²) in [5, 5.41) is 11.6. The molecule has 0 fully saturated rings. The fourth-order valence-electron chi connectivity index (χ4n) is 2.72. The van der Waals surface area contributed by atoms with E-state index in [4.69, 9.17) is 4.84 Å². The second-order valence-electron chi connectivity index (χ2n) is 5.20. The van der Waals surface area contributed by atoms with E-state index in [0.29, 0.717) is 0 Å². The van der Waals surface area contributed by atoms with Crippen molar-refractivity contribution < 1.29 is 4.84 Å². The van der Waals surface area contributed by atoms with Gasteiger partial charge in [0.05, 0.1) is 17.9 Å². The molecule has 1 atom stereocenters. The normalized spacial score (nSPS) is 14.8. The van der Waals surface area contributed by atoms with Gasteiger partial charge in [-0.2, -0.15) is 5.10 Å². The predicted octanol–water partition coefficient (Wildman–Crippen LogP) is 2.28. The van der Waals surface area contributed by atoms with Crippen LogP contribution in [0.2, 0.25) is 0 Å². The summed E-state index contributed by atoms with van der Waals surface area (Å²) < 4.78 is 1.98. The van der Waals surface area contributed by atoms with Crippen molar-refractivity contribution in [3.63, 3.8) is 0 Å². The molecule has 0 saturated heterocycles. The number of fused-ring (bicyclic) bond motifs is 1. The zero-order chi connectivity index (χ0) is 15.4. The van der Waals surface area contributed by atoms with E-state index in [0.717, 1.165) is 42.9 Å². The third-order valence-corrected chi connectivity index (χ3v) is 3.89. The van der Waals surface area contributed by atoms with E-state index in [2.05, 4.69) is 38.7 Å². The Kier molecular flexibility index (Phi) is 4.32. The monoisotopic (exact) mass is 300 g/mol. The van der Waals surface area contributed by atoms with Gasteiger partial charge >= 0.3 is 0 Å². The van der Waals surface area contributed by atoms with Crippen LogP contribution in [0.3, 0.4) is 0 Å². The fourth-order valence-corrected chi connectivity index (χ4v) is 2.72. The number of rotatable bonds is 6. The molecule has 0 spiro atoms. The highest BCUT2D eigenvalue weighted by Gasteiger charge is 2.19. The Bertz CT molecular complexity index is 666. The van der Waals surface area contributed by atoms with Crippen LogP contribution in [0.5, 0.6) is 0 Å². The van der Waals surface area contributed by atoms with Crippen LogP contribution >= 0.6 is 0 Å². The molecule has 0 radical (unpaired) electrons. The van der Waals surface area contributed by atoms with Crippen molar-refractivity contribution in [2.75, 3.05) is 19.0 Å². The maximum absolute atomic E-state index is 4.71. The topological polar surface area (TPSA) is 77.2 Å². The van der Waals surface area contributed by atoms with E-state index in [9.17, 15) is 0 Å². The van der Waals surface area contributed by atoms with Crippen LogP contribution in [0.15, 0.2) is 23.9 Å². The number of anilines is 1. The molecule has 7 nitrogen and oxygen atoms in total. The van der Waals surface area contributed by atoms with Crippen molar-refractivity contribution >= 4 is 12.0 Å². The molecular weight excluding hydrogens is 280 g/mol. The van der Waals surface area contributed by atoms with Crippen molar-refractivity contribution in [1.82, 2.24) is 19.7 Å². The lowest BCUT2D eigenvalue weighted by atomic mass is 10.1. The Balaban J connectivity index is 1.84. The van der Waals surface area contributed by atoms with Crippen molar-refractivity contribution in [2.45, 2.75) is 32.2 Å². The third-order valence-electron chi connectivity index (χ3n) is 3.89. The van der Waals surface area contributed by atoms with E-state index in [-0.39, 0.29) is 6.04 Å². The van der Waals surface area contributed by atoms with E-state index < -0.39 is 0 Å². The fraction of sp³-hybridized carbons (Fsp3) is 0.467. The van der Waals surface area contributed by atoms with Crippen LogP contribution in [0.25, 0.3) is 11.3 Å². The second kappa shape index (κ2) is 6.55. The lowest BCUT2D eigenvalue weighted by Crippen LogP contribution is -2.09. The Morgan fingerprint density at radius 3 is 3.23 bits per heavy atom. The largest absolute Gasteiger partial charge is 0.399 e. The molecule has 1 N–H and O–H groups in total. The molecule has 0 bridgehead atoms. The molecule has 116 valence electrons. The first kappa shape index (κ1) is 14.5. The highest BCUT2D eigenvalue weighted by atomic mass is 16.6. The van der Waals surface area contributed by atoms with Gasteiger partial charge in [0.2, 0.25) is 0 Å². The van der Waals surface area contributed by atoms with E-state index in [1.54, 1.807) is 19.7 Å². The summed E-state index contributed by atoms with van der Waals surface area (Å²) in [6.07, 6.45) is 10.0. The van der Waals surface area contributed by atoms with Crippen LogP contribution in [0, 0.1) is 0 Å². The minimum Gasteiger partial charge on any atom is -0.399 e. The molecule has 1 aliphatic rings. The maximum atomic E-state index is 4.71. The van der Waals surface area contributed by atoms with E-state index in [1.807, 2.05) is 10.9 Å². The molecule has 7 heteroatoms. The van der Waals surface area contributed by atoms with Crippen molar-refractivity contribution in [3.05, 3.63) is 24.3 Å². The molecule has 1 unspecified atom stereocenters. The predicted molar refractivity (Wildman–Crippen MR) is 84.9 cm³/mol. The first-order chi connectivity index (χ1) is 10.8. The van der Waals surface area contributed by atoms with Gasteiger partial charge in [-0.3, -0.25) is 4.68 Å². The summed E-state index contributed by atoms with van der Waals surface area (Å²) >= 11 is 0. The molecule has 0 aliphatic carbocycles. The van der Waals surface area contributed by atoms with Crippen LogP contribution in [-0.2, 0) is 11.3 Å². The lowest BCUT2D eigenvalue weighted by molar-refractivity contribution is 0.214.